The van der Waals surface area contributed by atoms with Crippen molar-refractivity contribution in [3.05, 3.63) is 114 Å². The number of sulfonamides is 1. The number of ether oxygens (including phenoxy) is 1. The minimum absolute atomic E-state index is 0.141. The zero-order valence-corrected chi connectivity index (χ0v) is 21.4. The number of hydrogen-bond donors (Lipinski definition) is 1. The second kappa shape index (κ2) is 10.1. The fourth-order valence-electron chi connectivity index (χ4n) is 4.23. The van der Waals surface area contributed by atoms with Crippen LogP contribution < -0.4 is 14.4 Å². The molecule has 1 aromatic heterocycles. The van der Waals surface area contributed by atoms with E-state index in [-0.39, 0.29) is 11.4 Å². The Morgan fingerprint density at radius 3 is 2.27 bits per heavy atom. The Balaban J connectivity index is 1.37. The number of benzene rings is 3. The number of aromatic nitrogens is 1. The molecule has 4 aromatic rings. The molecule has 188 valence electrons. The first-order chi connectivity index (χ1) is 17.8. The van der Waals surface area contributed by atoms with Crippen molar-refractivity contribution in [3.8, 4) is 5.75 Å². The monoisotopic (exact) mass is 513 g/mol. The Bertz CT molecular complexity index is 1520. The van der Waals surface area contributed by atoms with Gasteiger partial charge in [-0.05, 0) is 85.5 Å². The third kappa shape index (κ3) is 5.34. The highest BCUT2D eigenvalue weighted by molar-refractivity contribution is 7.92. The number of aryl methyl sites for hydroxylation is 2. The van der Waals surface area contributed by atoms with E-state index >= 15 is 0 Å². The van der Waals surface area contributed by atoms with Crippen LogP contribution in [0.3, 0.4) is 0 Å². The summed E-state index contributed by atoms with van der Waals surface area (Å²) in [5, 5.41) is 2.87. The van der Waals surface area contributed by atoms with Gasteiger partial charge >= 0.3 is 0 Å². The van der Waals surface area contributed by atoms with Crippen LogP contribution in [0, 0.1) is 13.8 Å². The fraction of sp³-hybridized carbons (Fsp3) is 0.172. The molecule has 5 rings (SSSR count). The normalized spacial score (nSPS) is 15.0. The summed E-state index contributed by atoms with van der Waals surface area (Å²) in [4.78, 5) is 17.4. The number of fused-ring (bicyclic) bond motifs is 1. The van der Waals surface area contributed by atoms with Crippen LogP contribution in [-0.2, 0) is 21.2 Å². The predicted octanol–water partition coefficient (Wildman–Crippen LogP) is 4.88. The van der Waals surface area contributed by atoms with Crippen molar-refractivity contribution in [2.45, 2.75) is 31.3 Å². The lowest BCUT2D eigenvalue weighted by atomic mass is 10.1. The maximum absolute atomic E-state index is 13.6. The van der Waals surface area contributed by atoms with Crippen molar-refractivity contribution in [2.75, 3.05) is 16.2 Å². The number of amides is 1. The van der Waals surface area contributed by atoms with E-state index in [1.54, 1.807) is 48.8 Å². The second-order valence-electron chi connectivity index (χ2n) is 9.15. The van der Waals surface area contributed by atoms with Crippen LogP contribution in [0.25, 0.3) is 0 Å². The Hall–Kier alpha value is -4.17. The van der Waals surface area contributed by atoms with Crippen molar-refractivity contribution in [2.24, 2.45) is 0 Å². The molecule has 3 aromatic carbocycles. The number of pyridine rings is 1. The van der Waals surface area contributed by atoms with Gasteiger partial charge in [-0.1, -0.05) is 35.9 Å². The highest BCUT2D eigenvalue weighted by atomic mass is 32.2. The van der Waals surface area contributed by atoms with Gasteiger partial charge in [-0.3, -0.25) is 14.1 Å². The van der Waals surface area contributed by atoms with Gasteiger partial charge in [0.05, 0.1) is 17.1 Å². The van der Waals surface area contributed by atoms with Gasteiger partial charge in [-0.25, -0.2) is 8.42 Å². The molecule has 0 aliphatic carbocycles. The van der Waals surface area contributed by atoms with Crippen LogP contribution in [0.1, 0.15) is 22.3 Å². The average Bonchev–Trinajstić information content (AvgIpc) is 2.89. The Morgan fingerprint density at radius 1 is 0.919 bits per heavy atom. The summed E-state index contributed by atoms with van der Waals surface area (Å²) in [6.45, 7) is 3.65. The molecule has 1 unspecified atom stereocenters. The van der Waals surface area contributed by atoms with Crippen LogP contribution in [0.2, 0.25) is 0 Å². The molecule has 2 heterocycles. The van der Waals surface area contributed by atoms with Crippen molar-refractivity contribution < 1.29 is 17.9 Å². The first kappa shape index (κ1) is 24.5. The highest BCUT2D eigenvalue weighted by Crippen LogP contribution is 2.38. The minimum Gasteiger partial charge on any atom is -0.476 e. The number of rotatable bonds is 6. The lowest BCUT2D eigenvalue weighted by molar-refractivity contribution is -0.122. The number of nitrogens with one attached hydrogen (secondary N) is 1. The van der Waals surface area contributed by atoms with E-state index in [4.69, 9.17) is 4.74 Å². The molecule has 0 spiro atoms. The fourth-order valence-corrected chi connectivity index (χ4v) is 5.70. The summed E-state index contributed by atoms with van der Waals surface area (Å²) in [5.74, 6) is -0.0621. The summed E-state index contributed by atoms with van der Waals surface area (Å²) in [6, 6.07) is 23.4. The van der Waals surface area contributed by atoms with E-state index in [1.807, 2.05) is 56.3 Å². The van der Waals surface area contributed by atoms with Gasteiger partial charge in [-0.2, -0.15) is 0 Å². The molecule has 0 radical (unpaired) electrons. The lowest BCUT2D eigenvalue weighted by Gasteiger charge is -2.35. The van der Waals surface area contributed by atoms with E-state index in [2.05, 4.69) is 10.3 Å². The summed E-state index contributed by atoms with van der Waals surface area (Å²) < 4.78 is 34.5. The Morgan fingerprint density at radius 2 is 1.57 bits per heavy atom. The van der Waals surface area contributed by atoms with Crippen molar-refractivity contribution >= 4 is 27.3 Å². The number of anilines is 2. The molecule has 1 aliphatic heterocycles. The van der Waals surface area contributed by atoms with E-state index in [0.29, 0.717) is 17.1 Å². The molecule has 1 amide bonds. The maximum Gasteiger partial charge on any atom is 0.267 e. The van der Waals surface area contributed by atoms with Gasteiger partial charge in [0.2, 0.25) is 0 Å². The van der Waals surface area contributed by atoms with Crippen molar-refractivity contribution in [1.82, 2.24) is 4.98 Å². The summed E-state index contributed by atoms with van der Waals surface area (Å²) in [7, 11) is -3.91. The van der Waals surface area contributed by atoms with Gasteiger partial charge in [0.15, 0.2) is 6.10 Å². The van der Waals surface area contributed by atoms with Gasteiger partial charge in [0.1, 0.15) is 5.75 Å². The zero-order valence-electron chi connectivity index (χ0n) is 20.6. The molecule has 0 saturated carbocycles. The van der Waals surface area contributed by atoms with Gasteiger partial charge < -0.3 is 10.1 Å². The molecule has 0 fully saturated rings. The lowest BCUT2D eigenvalue weighted by Crippen LogP contribution is -2.48. The molecule has 1 atom stereocenters. The zero-order chi connectivity index (χ0) is 26.0. The molecule has 0 bridgehead atoms. The molecule has 1 aliphatic rings. The topological polar surface area (TPSA) is 88.6 Å². The van der Waals surface area contributed by atoms with Crippen molar-refractivity contribution in [1.29, 1.82) is 0 Å². The molecule has 1 N–H and O–H groups in total. The summed E-state index contributed by atoms with van der Waals surface area (Å²) in [5.41, 5.74) is 5.12. The largest absolute Gasteiger partial charge is 0.476 e. The van der Waals surface area contributed by atoms with Crippen LogP contribution >= 0.6 is 0 Å². The molecule has 0 saturated heterocycles. The van der Waals surface area contributed by atoms with E-state index in [9.17, 15) is 13.2 Å². The molecular formula is C29H27N3O4S. The van der Waals surface area contributed by atoms with E-state index < -0.39 is 22.0 Å². The van der Waals surface area contributed by atoms with Crippen LogP contribution in [0.5, 0.6) is 5.75 Å². The third-order valence-corrected chi connectivity index (χ3v) is 8.06. The highest BCUT2D eigenvalue weighted by Gasteiger charge is 2.37. The third-order valence-electron chi connectivity index (χ3n) is 6.27. The minimum atomic E-state index is -3.91. The SMILES string of the molecule is Cc1ccc(S(=O)(=O)N2CC(C(=O)Nc3ccc(Cc4ccncc4)cc3)Oc3cc(C)ccc32)cc1. The number of hydrogen-bond acceptors (Lipinski definition) is 5. The van der Waals surface area contributed by atoms with Gasteiger partial charge in [0.25, 0.3) is 15.9 Å². The van der Waals surface area contributed by atoms with Gasteiger partial charge in [-0.15, -0.1) is 0 Å². The standard InChI is InChI=1S/C29H27N3O4S/c1-20-3-10-25(11-4-20)37(34,35)32-19-28(36-27-17-21(2)5-12-26(27)32)29(33)31-24-8-6-22(7-9-24)18-23-13-15-30-16-14-23/h3-17,28H,18-19H2,1-2H3,(H,31,33). The van der Waals surface area contributed by atoms with E-state index in [1.165, 1.54) is 4.31 Å². The van der Waals surface area contributed by atoms with Crippen LogP contribution in [-0.4, -0.2) is 32.0 Å². The van der Waals surface area contributed by atoms with E-state index in [0.717, 1.165) is 28.7 Å². The Labute approximate surface area is 216 Å². The number of nitrogens with zero attached hydrogens (tertiary/aromatic N) is 2. The first-order valence-electron chi connectivity index (χ1n) is 11.9. The second-order valence-corrected chi connectivity index (χ2v) is 11.0. The molecule has 7 nitrogen and oxygen atoms in total. The van der Waals surface area contributed by atoms with Crippen LogP contribution in [0.15, 0.2) is 96.2 Å². The number of carbonyl (C=O) groups excluding carboxylic acids is 1. The van der Waals surface area contributed by atoms with Crippen molar-refractivity contribution in [3.63, 3.8) is 0 Å². The maximum atomic E-state index is 13.6. The molecule has 8 heteroatoms. The quantitative estimate of drug-likeness (QED) is 0.397. The smallest absolute Gasteiger partial charge is 0.267 e. The van der Waals surface area contributed by atoms with Crippen LogP contribution in [0.4, 0.5) is 11.4 Å². The first-order valence-corrected chi connectivity index (χ1v) is 13.4. The number of carbonyl (C=O) groups is 1. The predicted molar refractivity (Wildman–Crippen MR) is 143 cm³/mol. The summed E-state index contributed by atoms with van der Waals surface area (Å²) >= 11 is 0. The Kier molecular flexibility index (Phi) is 6.67. The summed E-state index contributed by atoms with van der Waals surface area (Å²) in [6.07, 6.45) is 3.25. The van der Waals surface area contributed by atoms with Gasteiger partial charge in [0, 0.05) is 18.1 Å². The molecular weight excluding hydrogens is 486 g/mol. The molecule has 37 heavy (non-hydrogen) atoms. The average molecular weight is 514 g/mol.